The summed E-state index contributed by atoms with van der Waals surface area (Å²) < 4.78 is 1.95. The number of nitrogens with zero attached hydrogens (tertiary/aromatic N) is 3. The van der Waals surface area contributed by atoms with Crippen molar-refractivity contribution in [3.05, 3.63) is 71.5 Å². The maximum Gasteiger partial charge on any atom is 0.230 e. The van der Waals surface area contributed by atoms with E-state index >= 15 is 0 Å². The van der Waals surface area contributed by atoms with E-state index in [2.05, 4.69) is 66.6 Å². The van der Waals surface area contributed by atoms with Crippen molar-refractivity contribution in [1.29, 1.82) is 0 Å². The summed E-state index contributed by atoms with van der Waals surface area (Å²) in [5, 5.41) is 12.1. The molecule has 3 rings (SSSR count). The van der Waals surface area contributed by atoms with Crippen LogP contribution in [0.25, 0.3) is 5.69 Å². The quantitative estimate of drug-likeness (QED) is 0.566. The van der Waals surface area contributed by atoms with E-state index in [4.69, 9.17) is 0 Å². The predicted molar refractivity (Wildman–Crippen MR) is 114 cm³/mol. The Balaban J connectivity index is 1.67. The second-order valence-corrected chi connectivity index (χ2v) is 7.82. The van der Waals surface area contributed by atoms with Gasteiger partial charge in [0.25, 0.3) is 0 Å². The fourth-order valence-electron chi connectivity index (χ4n) is 3.13. The molecule has 1 N–H and O–H groups in total. The summed E-state index contributed by atoms with van der Waals surface area (Å²) in [5.41, 5.74) is 4.50. The molecule has 0 saturated carbocycles. The van der Waals surface area contributed by atoms with E-state index in [0.717, 1.165) is 34.8 Å². The molecule has 0 radical (unpaired) electrons. The number of hydrogen-bond donors (Lipinski definition) is 1. The SMILES string of the molecule is CCC[C@H](NC(=O)CSc1nncn1-c1cc(C)ccc1C)c1ccccc1. The highest BCUT2D eigenvalue weighted by Crippen LogP contribution is 2.23. The zero-order valence-corrected chi connectivity index (χ0v) is 17.4. The fraction of sp³-hybridized carbons (Fsp3) is 0.318. The van der Waals surface area contributed by atoms with Gasteiger partial charge in [-0.1, -0.05) is 67.6 Å². The molecule has 0 aliphatic heterocycles. The minimum atomic E-state index is 0.00261. The van der Waals surface area contributed by atoms with Crippen molar-refractivity contribution in [2.24, 2.45) is 0 Å². The van der Waals surface area contributed by atoms with E-state index in [1.165, 1.54) is 17.3 Å². The molecule has 2 aromatic carbocycles. The van der Waals surface area contributed by atoms with Crippen molar-refractivity contribution in [3.8, 4) is 5.69 Å². The summed E-state index contributed by atoms with van der Waals surface area (Å²) in [6.45, 7) is 6.25. The number of aryl methyl sites for hydroxylation is 2. The van der Waals surface area contributed by atoms with Crippen molar-refractivity contribution < 1.29 is 4.79 Å². The Bertz CT molecular complexity index is 923. The Kier molecular flexibility index (Phi) is 6.87. The Hall–Kier alpha value is -2.60. The molecule has 0 saturated heterocycles. The normalized spacial score (nSPS) is 12.0. The van der Waals surface area contributed by atoms with Crippen LogP contribution in [0.2, 0.25) is 0 Å². The first kappa shape index (κ1) is 20.1. The second-order valence-electron chi connectivity index (χ2n) is 6.88. The van der Waals surface area contributed by atoms with Crippen LogP contribution in [0, 0.1) is 13.8 Å². The third kappa shape index (κ3) is 5.01. The standard InChI is InChI=1S/C22H26N4OS/c1-4-8-19(18-9-6-5-7-10-18)24-21(27)14-28-22-25-23-15-26(22)20-13-16(2)11-12-17(20)3/h5-7,9-13,15,19H,4,8,14H2,1-3H3,(H,24,27)/t19-/m0/s1. The van der Waals surface area contributed by atoms with E-state index in [1.807, 2.05) is 22.8 Å². The predicted octanol–water partition coefficient (Wildman–Crippen LogP) is 4.63. The summed E-state index contributed by atoms with van der Waals surface area (Å²) in [7, 11) is 0. The largest absolute Gasteiger partial charge is 0.349 e. The van der Waals surface area contributed by atoms with Gasteiger partial charge in [-0.25, -0.2) is 0 Å². The number of rotatable bonds is 8. The van der Waals surface area contributed by atoms with Crippen molar-refractivity contribution in [2.45, 2.75) is 44.8 Å². The lowest BCUT2D eigenvalue weighted by Crippen LogP contribution is -2.30. The van der Waals surface area contributed by atoms with Gasteiger partial charge in [-0.05, 0) is 43.0 Å². The van der Waals surface area contributed by atoms with Gasteiger partial charge in [0.15, 0.2) is 5.16 Å². The first-order valence-corrected chi connectivity index (χ1v) is 10.5. The Morgan fingerprint density at radius 2 is 1.96 bits per heavy atom. The monoisotopic (exact) mass is 394 g/mol. The van der Waals surface area contributed by atoms with Gasteiger partial charge in [0, 0.05) is 0 Å². The van der Waals surface area contributed by atoms with Crippen LogP contribution < -0.4 is 5.32 Å². The summed E-state index contributed by atoms with van der Waals surface area (Å²) >= 11 is 1.40. The number of nitrogens with one attached hydrogen (secondary N) is 1. The molecule has 0 aliphatic carbocycles. The summed E-state index contributed by atoms with van der Waals surface area (Å²) in [5.74, 6) is 0.305. The van der Waals surface area contributed by atoms with E-state index in [-0.39, 0.29) is 11.9 Å². The molecule has 0 bridgehead atoms. The maximum atomic E-state index is 12.6. The van der Waals surface area contributed by atoms with E-state index in [1.54, 1.807) is 6.33 Å². The zero-order valence-electron chi connectivity index (χ0n) is 16.6. The second kappa shape index (κ2) is 9.55. The highest BCUT2D eigenvalue weighted by Gasteiger charge is 2.16. The summed E-state index contributed by atoms with van der Waals surface area (Å²) in [6, 6.07) is 16.4. The molecule has 0 aliphatic rings. The van der Waals surface area contributed by atoms with Crippen LogP contribution in [0.3, 0.4) is 0 Å². The lowest BCUT2D eigenvalue weighted by atomic mass is 10.0. The Morgan fingerprint density at radius 1 is 1.18 bits per heavy atom. The molecule has 1 amide bonds. The van der Waals surface area contributed by atoms with Gasteiger partial charge in [0.2, 0.25) is 5.91 Å². The molecule has 1 heterocycles. The molecule has 3 aromatic rings. The number of thioether (sulfide) groups is 1. The molecule has 28 heavy (non-hydrogen) atoms. The van der Waals surface area contributed by atoms with Crippen LogP contribution >= 0.6 is 11.8 Å². The van der Waals surface area contributed by atoms with E-state index in [9.17, 15) is 4.79 Å². The van der Waals surface area contributed by atoms with Gasteiger partial charge in [-0.15, -0.1) is 10.2 Å². The lowest BCUT2D eigenvalue weighted by molar-refractivity contribution is -0.119. The highest BCUT2D eigenvalue weighted by molar-refractivity contribution is 7.99. The van der Waals surface area contributed by atoms with Crippen molar-refractivity contribution in [3.63, 3.8) is 0 Å². The fourth-order valence-corrected chi connectivity index (χ4v) is 3.86. The highest BCUT2D eigenvalue weighted by atomic mass is 32.2. The van der Waals surface area contributed by atoms with Crippen molar-refractivity contribution in [1.82, 2.24) is 20.1 Å². The molecule has 5 nitrogen and oxygen atoms in total. The molecule has 6 heteroatoms. The van der Waals surface area contributed by atoms with Crippen LogP contribution in [-0.4, -0.2) is 26.4 Å². The van der Waals surface area contributed by atoms with E-state index in [0.29, 0.717) is 5.75 Å². The Labute approximate surface area is 170 Å². The molecular formula is C22H26N4OS. The van der Waals surface area contributed by atoms with Gasteiger partial charge < -0.3 is 5.32 Å². The van der Waals surface area contributed by atoms with E-state index < -0.39 is 0 Å². The third-order valence-electron chi connectivity index (χ3n) is 4.59. The molecule has 0 spiro atoms. The van der Waals surface area contributed by atoms with Crippen LogP contribution in [0.5, 0.6) is 0 Å². The molecule has 146 valence electrons. The van der Waals surface area contributed by atoms with Gasteiger partial charge >= 0.3 is 0 Å². The minimum Gasteiger partial charge on any atom is -0.349 e. The van der Waals surface area contributed by atoms with Gasteiger partial charge in [0.1, 0.15) is 6.33 Å². The topological polar surface area (TPSA) is 59.8 Å². The lowest BCUT2D eigenvalue weighted by Gasteiger charge is -2.18. The first-order chi connectivity index (χ1) is 13.6. The van der Waals surface area contributed by atoms with Gasteiger partial charge in [0.05, 0.1) is 17.5 Å². The summed E-state index contributed by atoms with van der Waals surface area (Å²) in [6.07, 6.45) is 3.62. The van der Waals surface area contributed by atoms with Crippen molar-refractivity contribution >= 4 is 17.7 Å². The number of hydrogen-bond acceptors (Lipinski definition) is 4. The Morgan fingerprint density at radius 3 is 2.71 bits per heavy atom. The van der Waals surface area contributed by atoms with Gasteiger partial charge in [-0.3, -0.25) is 9.36 Å². The molecule has 1 atom stereocenters. The number of carbonyl (C=O) groups is 1. The van der Waals surface area contributed by atoms with Crippen molar-refractivity contribution in [2.75, 3.05) is 5.75 Å². The van der Waals surface area contributed by atoms with Crippen LogP contribution in [0.1, 0.15) is 42.5 Å². The number of amides is 1. The molecule has 1 aromatic heterocycles. The molecule has 0 fully saturated rings. The summed E-state index contributed by atoms with van der Waals surface area (Å²) in [4.78, 5) is 12.6. The smallest absolute Gasteiger partial charge is 0.230 e. The number of carbonyl (C=O) groups excluding carboxylic acids is 1. The minimum absolute atomic E-state index is 0.00261. The third-order valence-corrected chi connectivity index (χ3v) is 5.53. The number of aromatic nitrogens is 3. The maximum absolute atomic E-state index is 12.6. The average molecular weight is 395 g/mol. The molecule has 0 unspecified atom stereocenters. The van der Waals surface area contributed by atoms with Crippen LogP contribution in [0.4, 0.5) is 0 Å². The van der Waals surface area contributed by atoms with Gasteiger partial charge in [-0.2, -0.15) is 0 Å². The zero-order chi connectivity index (χ0) is 19.9. The van der Waals surface area contributed by atoms with Crippen LogP contribution in [0.15, 0.2) is 60.0 Å². The average Bonchev–Trinajstić information content (AvgIpc) is 3.17. The number of benzene rings is 2. The van der Waals surface area contributed by atoms with Crippen LogP contribution in [-0.2, 0) is 4.79 Å². The molecular weight excluding hydrogens is 368 g/mol. The first-order valence-electron chi connectivity index (χ1n) is 9.53.